The molecule has 0 saturated carbocycles. The zero-order valence-electron chi connectivity index (χ0n) is 11.0. The molecule has 4 nitrogen and oxygen atoms in total. The number of halogens is 3. The molecule has 0 bridgehead atoms. The van der Waals surface area contributed by atoms with E-state index in [0.29, 0.717) is 6.54 Å². The van der Waals surface area contributed by atoms with Gasteiger partial charge in [0.2, 0.25) is 10.0 Å². The molecule has 1 aromatic rings. The van der Waals surface area contributed by atoms with Gasteiger partial charge < -0.3 is 5.32 Å². The van der Waals surface area contributed by atoms with Crippen molar-refractivity contribution < 1.29 is 21.6 Å². The number of rotatable bonds is 7. The van der Waals surface area contributed by atoms with Crippen LogP contribution in [-0.2, 0) is 10.0 Å². The second-order valence-electron chi connectivity index (χ2n) is 4.17. The van der Waals surface area contributed by atoms with E-state index >= 15 is 0 Å². The molecule has 0 heterocycles. The lowest BCUT2D eigenvalue weighted by molar-refractivity contribution is -0.135. The predicted molar refractivity (Wildman–Crippen MR) is 71.1 cm³/mol. The molecule has 0 aliphatic heterocycles. The fourth-order valence-electron chi connectivity index (χ4n) is 1.53. The summed E-state index contributed by atoms with van der Waals surface area (Å²) >= 11 is 0. The van der Waals surface area contributed by atoms with E-state index < -0.39 is 22.6 Å². The standard InChI is InChI=1S/C12H17F3N2O2S/c1-2-16-10-4-6-11(7-5-10)20(18,19)17-9-3-8-12(13,14)15/h4-7,16-17H,2-3,8-9H2,1H3. The van der Waals surface area contributed by atoms with Gasteiger partial charge in [-0.1, -0.05) is 0 Å². The van der Waals surface area contributed by atoms with Gasteiger partial charge in [-0.2, -0.15) is 13.2 Å². The van der Waals surface area contributed by atoms with E-state index in [1.165, 1.54) is 12.1 Å². The lowest BCUT2D eigenvalue weighted by atomic mass is 10.3. The number of hydrogen-bond donors (Lipinski definition) is 2. The highest BCUT2D eigenvalue weighted by Crippen LogP contribution is 2.21. The van der Waals surface area contributed by atoms with Crippen molar-refractivity contribution in [3.8, 4) is 0 Å². The summed E-state index contributed by atoms with van der Waals surface area (Å²) < 4.78 is 61.6. The van der Waals surface area contributed by atoms with Crippen molar-refractivity contribution in [1.82, 2.24) is 4.72 Å². The Hall–Kier alpha value is -1.28. The van der Waals surface area contributed by atoms with Crippen molar-refractivity contribution in [1.29, 1.82) is 0 Å². The Morgan fingerprint density at radius 1 is 1.15 bits per heavy atom. The molecular formula is C12H17F3N2O2S. The van der Waals surface area contributed by atoms with Gasteiger partial charge in [0, 0.05) is 25.2 Å². The maximum Gasteiger partial charge on any atom is 0.389 e. The van der Waals surface area contributed by atoms with Gasteiger partial charge in [0.25, 0.3) is 0 Å². The Labute approximate surface area is 116 Å². The number of anilines is 1. The van der Waals surface area contributed by atoms with Crippen LogP contribution >= 0.6 is 0 Å². The highest BCUT2D eigenvalue weighted by molar-refractivity contribution is 7.89. The lowest BCUT2D eigenvalue weighted by Crippen LogP contribution is -2.25. The molecule has 0 unspecified atom stereocenters. The molecule has 0 aliphatic carbocycles. The first-order valence-electron chi connectivity index (χ1n) is 6.15. The molecule has 1 rings (SSSR count). The summed E-state index contributed by atoms with van der Waals surface area (Å²) in [5.41, 5.74) is 0.781. The van der Waals surface area contributed by atoms with Crippen LogP contribution in [0.15, 0.2) is 29.2 Å². The van der Waals surface area contributed by atoms with Crippen LogP contribution in [0.5, 0.6) is 0 Å². The molecule has 1 aromatic carbocycles. The lowest BCUT2D eigenvalue weighted by Gasteiger charge is -2.09. The van der Waals surface area contributed by atoms with Crippen molar-refractivity contribution in [3.63, 3.8) is 0 Å². The molecule has 0 fully saturated rings. The highest BCUT2D eigenvalue weighted by atomic mass is 32.2. The Bertz CT molecular complexity index is 512. The molecule has 0 atom stereocenters. The van der Waals surface area contributed by atoms with E-state index in [1.54, 1.807) is 12.1 Å². The summed E-state index contributed by atoms with van der Waals surface area (Å²) in [6.07, 6.45) is -5.55. The largest absolute Gasteiger partial charge is 0.389 e. The van der Waals surface area contributed by atoms with Gasteiger partial charge in [-0.3, -0.25) is 0 Å². The summed E-state index contributed by atoms with van der Waals surface area (Å²) in [5.74, 6) is 0. The Kier molecular flexibility index (Phi) is 5.82. The zero-order chi connectivity index (χ0) is 15.2. The van der Waals surface area contributed by atoms with Gasteiger partial charge in [-0.15, -0.1) is 0 Å². The maximum absolute atomic E-state index is 11.9. The molecule has 20 heavy (non-hydrogen) atoms. The number of nitrogens with one attached hydrogen (secondary N) is 2. The van der Waals surface area contributed by atoms with Crippen molar-refractivity contribution in [2.24, 2.45) is 0 Å². The highest BCUT2D eigenvalue weighted by Gasteiger charge is 2.26. The molecule has 8 heteroatoms. The normalized spacial score (nSPS) is 12.4. The van der Waals surface area contributed by atoms with Crippen molar-refractivity contribution in [3.05, 3.63) is 24.3 Å². The Morgan fingerprint density at radius 3 is 2.25 bits per heavy atom. The van der Waals surface area contributed by atoms with Gasteiger partial charge in [-0.05, 0) is 37.6 Å². The third kappa shape index (κ3) is 5.79. The molecule has 114 valence electrons. The molecule has 0 radical (unpaired) electrons. The van der Waals surface area contributed by atoms with Gasteiger partial charge >= 0.3 is 6.18 Å². The van der Waals surface area contributed by atoms with Crippen LogP contribution in [0, 0.1) is 0 Å². The van der Waals surface area contributed by atoms with E-state index in [2.05, 4.69) is 10.0 Å². The average Bonchev–Trinajstić information content (AvgIpc) is 2.35. The first-order chi connectivity index (χ1) is 9.24. The predicted octanol–water partition coefficient (Wildman–Crippen LogP) is 2.74. The number of sulfonamides is 1. The second kappa shape index (κ2) is 6.94. The SMILES string of the molecule is CCNc1ccc(S(=O)(=O)NCCCC(F)(F)F)cc1. The number of hydrogen-bond acceptors (Lipinski definition) is 3. The van der Waals surface area contributed by atoms with Crippen LogP contribution in [0.2, 0.25) is 0 Å². The Morgan fingerprint density at radius 2 is 1.75 bits per heavy atom. The van der Waals surface area contributed by atoms with Gasteiger partial charge in [0.05, 0.1) is 4.90 Å². The molecule has 0 amide bonds. The van der Waals surface area contributed by atoms with Crippen molar-refractivity contribution >= 4 is 15.7 Å². The van der Waals surface area contributed by atoms with Crippen molar-refractivity contribution in [2.45, 2.75) is 30.8 Å². The minimum absolute atomic E-state index is 0.0335. The number of alkyl halides is 3. The smallest absolute Gasteiger partial charge is 0.385 e. The molecular weight excluding hydrogens is 293 g/mol. The van der Waals surface area contributed by atoms with Crippen LogP contribution in [0.4, 0.5) is 18.9 Å². The molecule has 0 aromatic heterocycles. The summed E-state index contributed by atoms with van der Waals surface area (Å²) in [4.78, 5) is 0.0335. The van der Waals surface area contributed by atoms with E-state index in [0.717, 1.165) is 5.69 Å². The fraction of sp³-hybridized carbons (Fsp3) is 0.500. The van der Waals surface area contributed by atoms with Crippen LogP contribution in [0.3, 0.4) is 0 Å². The summed E-state index contributed by atoms with van der Waals surface area (Å²) in [6.45, 7) is 2.38. The van der Waals surface area contributed by atoms with Crippen LogP contribution in [0.1, 0.15) is 19.8 Å². The molecule has 0 spiro atoms. The fourth-order valence-corrected chi connectivity index (χ4v) is 2.61. The van der Waals surface area contributed by atoms with E-state index in [1.807, 2.05) is 6.92 Å². The topological polar surface area (TPSA) is 58.2 Å². The second-order valence-corrected chi connectivity index (χ2v) is 5.94. The van der Waals surface area contributed by atoms with E-state index in [9.17, 15) is 21.6 Å². The number of benzene rings is 1. The van der Waals surface area contributed by atoms with E-state index in [-0.39, 0.29) is 17.9 Å². The quantitative estimate of drug-likeness (QED) is 0.761. The zero-order valence-corrected chi connectivity index (χ0v) is 11.8. The van der Waals surface area contributed by atoms with Crippen LogP contribution in [0.25, 0.3) is 0 Å². The van der Waals surface area contributed by atoms with E-state index in [4.69, 9.17) is 0 Å². The Balaban J connectivity index is 2.56. The van der Waals surface area contributed by atoms with Gasteiger partial charge in [0.1, 0.15) is 0 Å². The minimum atomic E-state index is -4.26. The summed E-state index contributed by atoms with van der Waals surface area (Å²) in [7, 11) is -3.75. The van der Waals surface area contributed by atoms with Gasteiger partial charge in [-0.25, -0.2) is 13.1 Å². The molecule has 2 N–H and O–H groups in total. The third-order valence-corrected chi connectivity index (χ3v) is 3.95. The van der Waals surface area contributed by atoms with Crippen LogP contribution < -0.4 is 10.0 Å². The average molecular weight is 310 g/mol. The summed E-state index contributed by atoms with van der Waals surface area (Å²) in [6, 6.07) is 6.02. The molecule has 0 saturated heterocycles. The summed E-state index contributed by atoms with van der Waals surface area (Å²) in [5, 5.41) is 3.01. The first-order valence-corrected chi connectivity index (χ1v) is 7.63. The van der Waals surface area contributed by atoms with Gasteiger partial charge in [0.15, 0.2) is 0 Å². The third-order valence-electron chi connectivity index (χ3n) is 2.47. The molecule has 0 aliphatic rings. The van der Waals surface area contributed by atoms with Crippen LogP contribution in [-0.4, -0.2) is 27.7 Å². The monoisotopic (exact) mass is 310 g/mol. The van der Waals surface area contributed by atoms with Crippen molar-refractivity contribution in [2.75, 3.05) is 18.4 Å². The maximum atomic E-state index is 11.9. The first kappa shape index (κ1) is 16.8. The minimum Gasteiger partial charge on any atom is -0.385 e.